The Morgan fingerprint density at radius 2 is 2.00 bits per heavy atom. The molecule has 0 spiro atoms. The summed E-state index contributed by atoms with van der Waals surface area (Å²) < 4.78 is 22.9. The highest BCUT2D eigenvalue weighted by Crippen LogP contribution is 2.22. The van der Waals surface area contributed by atoms with Gasteiger partial charge in [0.1, 0.15) is 0 Å². The number of nitrogens with one attached hydrogen (secondary N) is 3. The van der Waals surface area contributed by atoms with Crippen LogP contribution in [0.5, 0.6) is 0 Å². The number of aliphatic imine (C=N–C) groups is 1. The summed E-state index contributed by atoms with van der Waals surface area (Å²) in [6.07, 6.45) is 0.776. The normalized spacial score (nSPS) is 19.1. The van der Waals surface area contributed by atoms with Crippen molar-refractivity contribution in [2.75, 3.05) is 31.1 Å². The number of halogens is 1. The molecule has 2 rings (SSSR count). The van der Waals surface area contributed by atoms with Crippen LogP contribution in [0.15, 0.2) is 40.2 Å². The van der Waals surface area contributed by atoms with E-state index in [1.165, 1.54) is 4.90 Å². The van der Waals surface area contributed by atoms with E-state index < -0.39 is 9.84 Å². The van der Waals surface area contributed by atoms with Crippen molar-refractivity contribution in [2.24, 2.45) is 4.99 Å². The first-order valence-corrected chi connectivity index (χ1v) is 12.3. The average Bonchev–Trinajstić information content (AvgIpc) is 2.98. The third-order valence-electron chi connectivity index (χ3n) is 4.17. The van der Waals surface area contributed by atoms with Crippen LogP contribution in [-0.2, 0) is 14.6 Å². The van der Waals surface area contributed by atoms with Gasteiger partial charge in [-0.3, -0.25) is 9.79 Å². The molecular weight excluding hydrogens is 523 g/mol. The largest absolute Gasteiger partial charge is 0.357 e. The first-order chi connectivity index (χ1) is 13.4. The van der Waals surface area contributed by atoms with Gasteiger partial charge in [-0.25, -0.2) is 8.42 Å². The van der Waals surface area contributed by atoms with Crippen molar-refractivity contribution >= 4 is 57.4 Å². The molecule has 3 N–H and O–H groups in total. The summed E-state index contributed by atoms with van der Waals surface area (Å²) in [5.41, 5.74) is 0. The summed E-state index contributed by atoms with van der Waals surface area (Å²) in [6, 6.07) is 9.97. The zero-order valence-electron chi connectivity index (χ0n) is 16.9. The van der Waals surface area contributed by atoms with Crippen molar-refractivity contribution < 1.29 is 13.2 Å². The van der Waals surface area contributed by atoms with Crippen LogP contribution >= 0.6 is 35.7 Å². The topological polar surface area (TPSA) is 99.7 Å². The van der Waals surface area contributed by atoms with Crippen molar-refractivity contribution in [1.82, 2.24) is 16.0 Å². The molecule has 1 heterocycles. The van der Waals surface area contributed by atoms with Gasteiger partial charge >= 0.3 is 0 Å². The van der Waals surface area contributed by atoms with E-state index in [0.29, 0.717) is 30.7 Å². The number of carbonyl (C=O) groups is 1. The average molecular weight is 555 g/mol. The summed E-state index contributed by atoms with van der Waals surface area (Å²) >= 11 is 1.77. The number of guanidine groups is 1. The molecule has 1 saturated heterocycles. The van der Waals surface area contributed by atoms with E-state index in [9.17, 15) is 13.2 Å². The lowest BCUT2D eigenvalue weighted by Gasteiger charge is -2.14. The zero-order chi connectivity index (χ0) is 20.4. The van der Waals surface area contributed by atoms with E-state index in [1.54, 1.807) is 11.8 Å². The number of benzene rings is 1. The molecule has 1 fully saturated rings. The van der Waals surface area contributed by atoms with Gasteiger partial charge in [-0.2, -0.15) is 0 Å². The van der Waals surface area contributed by atoms with Gasteiger partial charge in [0.05, 0.1) is 18.1 Å². The van der Waals surface area contributed by atoms with Gasteiger partial charge in [-0.1, -0.05) is 25.1 Å². The maximum absolute atomic E-state index is 12.0. The predicted molar refractivity (Wildman–Crippen MR) is 131 cm³/mol. The number of carbonyl (C=O) groups excluding carboxylic acids is 1. The Morgan fingerprint density at radius 3 is 2.62 bits per heavy atom. The first kappa shape index (κ1) is 26.0. The Bertz CT molecular complexity index is 760. The van der Waals surface area contributed by atoms with E-state index in [-0.39, 0.29) is 53.9 Å². The highest BCUT2D eigenvalue weighted by atomic mass is 127. The molecule has 29 heavy (non-hydrogen) atoms. The summed E-state index contributed by atoms with van der Waals surface area (Å²) in [6.45, 7) is 5.96. The summed E-state index contributed by atoms with van der Waals surface area (Å²) in [4.78, 5) is 17.8. The van der Waals surface area contributed by atoms with Crippen LogP contribution in [0.3, 0.4) is 0 Å². The molecule has 1 amide bonds. The maximum atomic E-state index is 12.0. The van der Waals surface area contributed by atoms with Gasteiger partial charge in [0, 0.05) is 35.7 Å². The number of thioether (sulfide) groups is 1. The van der Waals surface area contributed by atoms with Crippen LogP contribution in [0, 0.1) is 0 Å². The molecule has 7 nitrogen and oxygen atoms in total. The summed E-state index contributed by atoms with van der Waals surface area (Å²) in [5.74, 6) is 0.748. The van der Waals surface area contributed by atoms with Crippen molar-refractivity contribution in [1.29, 1.82) is 0 Å². The van der Waals surface area contributed by atoms with Crippen molar-refractivity contribution in [3.05, 3.63) is 30.3 Å². The van der Waals surface area contributed by atoms with Gasteiger partial charge in [0.15, 0.2) is 15.8 Å². The molecular formula is C19H31IN4O3S2. The molecule has 10 heteroatoms. The minimum absolute atomic E-state index is 0. The summed E-state index contributed by atoms with van der Waals surface area (Å²) in [5, 5.41) is 9.46. The molecule has 0 aliphatic carbocycles. The lowest BCUT2D eigenvalue weighted by molar-refractivity contribution is -0.121. The van der Waals surface area contributed by atoms with E-state index in [2.05, 4.69) is 40.0 Å². The number of hydrogen-bond donors (Lipinski definition) is 3. The molecule has 164 valence electrons. The second-order valence-electron chi connectivity index (χ2n) is 6.81. The molecule has 2 atom stereocenters. The van der Waals surface area contributed by atoms with Crippen molar-refractivity contribution in [3.63, 3.8) is 0 Å². The standard InChI is InChI=1S/C19H30N4O3S2.HI/c1-3-20-19(22-13-15(2)27-17-7-5-4-6-8-17)21-11-9-18(24)23-16-10-12-28(25,26)14-16;/h4-8,15-16H,3,9-14H2,1-2H3,(H,23,24)(H2,20,21,22);1H. The minimum Gasteiger partial charge on any atom is -0.357 e. The van der Waals surface area contributed by atoms with Crippen molar-refractivity contribution in [2.45, 2.75) is 42.9 Å². The number of nitrogens with zero attached hydrogens (tertiary/aromatic N) is 1. The fraction of sp³-hybridized carbons (Fsp3) is 0.579. The van der Waals surface area contributed by atoms with Crippen LogP contribution in [0.4, 0.5) is 0 Å². The quantitative estimate of drug-likeness (QED) is 0.187. The Hall–Kier alpha value is -1.01. The molecule has 0 saturated carbocycles. The van der Waals surface area contributed by atoms with Gasteiger partial charge < -0.3 is 16.0 Å². The third-order valence-corrected chi connectivity index (χ3v) is 7.04. The highest BCUT2D eigenvalue weighted by Gasteiger charge is 2.28. The van der Waals surface area contributed by atoms with Crippen LogP contribution < -0.4 is 16.0 Å². The second-order valence-corrected chi connectivity index (χ2v) is 10.5. The van der Waals surface area contributed by atoms with E-state index >= 15 is 0 Å². The lowest BCUT2D eigenvalue weighted by atomic mass is 10.2. The molecule has 2 unspecified atom stereocenters. The van der Waals surface area contributed by atoms with Gasteiger partial charge in [0.25, 0.3) is 0 Å². The smallest absolute Gasteiger partial charge is 0.222 e. The molecule has 1 aliphatic heterocycles. The van der Waals surface area contributed by atoms with Gasteiger partial charge in [-0.15, -0.1) is 35.7 Å². The van der Waals surface area contributed by atoms with Crippen LogP contribution in [0.2, 0.25) is 0 Å². The lowest BCUT2D eigenvalue weighted by Crippen LogP contribution is -2.41. The fourth-order valence-corrected chi connectivity index (χ4v) is 5.43. The Morgan fingerprint density at radius 1 is 1.28 bits per heavy atom. The molecule has 0 radical (unpaired) electrons. The van der Waals surface area contributed by atoms with Gasteiger partial charge in [-0.05, 0) is 25.5 Å². The predicted octanol–water partition coefficient (Wildman–Crippen LogP) is 2.03. The summed E-state index contributed by atoms with van der Waals surface area (Å²) in [7, 11) is -2.98. The molecule has 0 aromatic heterocycles. The Balaban J connectivity index is 0.00000420. The maximum Gasteiger partial charge on any atom is 0.222 e. The number of rotatable bonds is 9. The second kappa shape index (κ2) is 13.3. The van der Waals surface area contributed by atoms with E-state index in [0.717, 1.165) is 6.54 Å². The van der Waals surface area contributed by atoms with Gasteiger partial charge in [0.2, 0.25) is 5.91 Å². The molecule has 1 aromatic rings. The SMILES string of the molecule is CCNC(=NCC(C)Sc1ccccc1)NCCC(=O)NC1CCS(=O)(=O)C1.I. The molecule has 1 aromatic carbocycles. The third kappa shape index (κ3) is 10.5. The van der Waals surface area contributed by atoms with Crippen LogP contribution in [-0.4, -0.2) is 62.7 Å². The Labute approximate surface area is 195 Å². The van der Waals surface area contributed by atoms with Crippen LogP contribution in [0.25, 0.3) is 0 Å². The van der Waals surface area contributed by atoms with Crippen LogP contribution in [0.1, 0.15) is 26.7 Å². The van der Waals surface area contributed by atoms with Crippen molar-refractivity contribution in [3.8, 4) is 0 Å². The monoisotopic (exact) mass is 554 g/mol. The molecule has 0 bridgehead atoms. The minimum atomic E-state index is -2.98. The zero-order valence-corrected chi connectivity index (χ0v) is 20.9. The number of amides is 1. The van der Waals surface area contributed by atoms with E-state index in [1.807, 2.05) is 25.1 Å². The Kier molecular flexibility index (Phi) is 12.0. The number of sulfone groups is 1. The number of hydrogen-bond acceptors (Lipinski definition) is 5. The first-order valence-electron chi connectivity index (χ1n) is 9.61. The van der Waals surface area contributed by atoms with E-state index in [4.69, 9.17) is 0 Å². The highest BCUT2D eigenvalue weighted by molar-refractivity contribution is 14.0. The fourth-order valence-electron chi connectivity index (χ4n) is 2.83. The molecule has 1 aliphatic rings.